The van der Waals surface area contributed by atoms with Gasteiger partial charge >= 0.3 is 0 Å². The van der Waals surface area contributed by atoms with Crippen LogP contribution in [0.4, 0.5) is 11.6 Å². The molecule has 0 aliphatic carbocycles. The van der Waals surface area contributed by atoms with Gasteiger partial charge < -0.3 is 16.4 Å². The molecule has 0 spiro atoms. The van der Waals surface area contributed by atoms with Crippen molar-refractivity contribution in [3.8, 4) is 0 Å². The van der Waals surface area contributed by atoms with E-state index in [1.54, 1.807) is 0 Å². The summed E-state index contributed by atoms with van der Waals surface area (Å²) in [6.07, 6.45) is 0.890. The standard InChI is InChI=1S/C16H19N5OS/c1-10(23-16-19-13(17)8-14(18)20-16)15(22)21-7-6-11-4-2-3-5-12(11)9-21/h2-5,8,10H,6-7,9H2,1H3,(H4,17,18,19,20)/t10-/m0/s1. The zero-order chi connectivity index (χ0) is 16.4. The molecular formula is C16H19N5OS. The first-order valence-electron chi connectivity index (χ1n) is 7.45. The minimum absolute atomic E-state index is 0.0779. The Morgan fingerprint density at radius 1 is 1.22 bits per heavy atom. The van der Waals surface area contributed by atoms with E-state index in [4.69, 9.17) is 11.5 Å². The molecule has 1 aromatic carbocycles. The summed E-state index contributed by atoms with van der Waals surface area (Å²) < 4.78 is 0. The molecule has 1 aliphatic heterocycles. The van der Waals surface area contributed by atoms with Crippen molar-refractivity contribution in [2.75, 3.05) is 18.0 Å². The second-order valence-corrected chi connectivity index (χ2v) is 6.85. The number of carbonyl (C=O) groups is 1. The van der Waals surface area contributed by atoms with Gasteiger partial charge in [0.05, 0.1) is 5.25 Å². The minimum Gasteiger partial charge on any atom is -0.383 e. The number of nitrogens with zero attached hydrogens (tertiary/aromatic N) is 3. The van der Waals surface area contributed by atoms with Gasteiger partial charge in [0.15, 0.2) is 5.16 Å². The molecule has 1 aromatic heterocycles. The van der Waals surface area contributed by atoms with Crippen LogP contribution in [-0.2, 0) is 17.8 Å². The van der Waals surface area contributed by atoms with Gasteiger partial charge in [0.2, 0.25) is 5.91 Å². The number of thioether (sulfide) groups is 1. The Bertz CT molecular complexity index is 716. The summed E-state index contributed by atoms with van der Waals surface area (Å²) in [5.41, 5.74) is 13.9. The number of carbonyl (C=O) groups excluding carboxylic acids is 1. The van der Waals surface area contributed by atoms with Crippen LogP contribution in [-0.4, -0.2) is 32.6 Å². The van der Waals surface area contributed by atoms with Gasteiger partial charge in [-0.05, 0) is 24.5 Å². The lowest BCUT2D eigenvalue weighted by Gasteiger charge is -2.30. The molecule has 3 rings (SSSR count). The summed E-state index contributed by atoms with van der Waals surface area (Å²) in [6, 6.07) is 9.75. The summed E-state index contributed by atoms with van der Waals surface area (Å²) in [5.74, 6) is 0.701. The lowest BCUT2D eigenvalue weighted by Crippen LogP contribution is -2.40. The number of nitrogen functional groups attached to an aromatic ring is 2. The van der Waals surface area contributed by atoms with Crippen LogP contribution in [0, 0.1) is 0 Å². The van der Waals surface area contributed by atoms with Gasteiger partial charge in [-0.2, -0.15) is 0 Å². The molecule has 2 heterocycles. The highest BCUT2D eigenvalue weighted by molar-refractivity contribution is 8.00. The predicted molar refractivity (Wildman–Crippen MR) is 91.7 cm³/mol. The number of hydrogen-bond donors (Lipinski definition) is 2. The average molecular weight is 329 g/mol. The summed E-state index contributed by atoms with van der Waals surface area (Å²) in [7, 11) is 0. The third kappa shape index (κ3) is 3.56. The van der Waals surface area contributed by atoms with E-state index in [0.717, 1.165) is 13.0 Å². The molecule has 4 N–H and O–H groups in total. The van der Waals surface area contributed by atoms with Crippen LogP contribution in [0.15, 0.2) is 35.5 Å². The van der Waals surface area contributed by atoms with Gasteiger partial charge in [0.25, 0.3) is 0 Å². The highest BCUT2D eigenvalue weighted by Gasteiger charge is 2.25. The van der Waals surface area contributed by atoms with Gasteiger partial charge in [-0.1, -0.05) is 36.0 Å². The number of aromatic nitrogens is 2. The zero-order valence-electron chi connectivity index (χ0n) is 12.9. The molecule has 0 radical (unpaired) electrons. The SMILES string of the molecule is C[C@H](Sc1nc(N)cc(N)n1)C(=O)N1CCc2ccccc2C1. The zero-order valence-corrected chi connectivity index (χ0v) is 13.7. The Morgan fingerprint density at radius 3 is 2.57 bits per heavy atom. The molecule has 120 valence electrons. The molecule has 0 saturated carbocycles. The highest BCUT2D eigenvalue weighted by atomic mass is 32.2. The van der Waals surface area contributed by atoms with Crippen molar-refractivity contribution >= 4 is 29.3 Å². The quantitative estimate of drug-likeness (QED) is 0.657. The second-order valence-electron chi connectivity index (χ2n) is 5.54. The molecule has 6 nitrogen and oxygen atoms in total. The van der Waals surface area contributed by atoms with Crippen molar-refractivity contribution in [2.45, 2.75) is 30.3 Å². The van der Waals surface area contributed by atoms with Crippen LogP contribution in [0.5, 0.6) is 0 Å². The van der Waals surface area contributed by atoms with Gasteiger partial charge in [-0.25, -0.2) is 9.97 Å². The summed E-state index contributed by atoms with van der Waals surface area (Å²) in [5, 5.41) is 0.141. The Labute approximate surface area is 139 Å². The fourth-order valence-corrected chi connectivity index (χ4v) is 3.55. The molecule has 23 heavy (non-hydrogen) atoms. The predicted octanol–water partition coefficient (Wildman–Crippen LogP) is 1.71. The number of fused-ring (bicyclic) bond motifs is 1. The van der Waals surface area contributed by atoms with E-state index >= 15 is 0 Å². The number of anilines is 2. The molecular weight excluding hydrogens is 310 g/mol. The monoisotopic (exact) mass is 329 g/mol. The fraction of sp³-hybridized carbons (Fsp3) is 0.312. The lowest BCUT2D eigenvalue weighted by molar-refractivity contribution is -0.131. The minimum atomic E-state index is -0.290. The van der Waals surface area contributed by atoms with Crippen LogP contribution in [0.1, 0.15) is 18.1 Å². The third-order valence-electron chi connectivity index (χ3n) is 3.82. The van der Waals surface area contributed by atoms with Crippen molar-refractivity contribution in [1.82, 2.24) is 14.9 Å². The average Bonchev–Trinajstić information content (AvgIpc) is 2.52. The first-order chi connectivity index (χ1) is 11.0. The van der Waals surface area contributed by atoms with Crippen LogP contribution in [0.3, 0.4) is 0 Å². The second kappa shape index (κ2) is 6.45. The molecule has 0 unspecified atom stereocenters. The summed E-state index contributed by atoms with van der Waals surface area (Å²) >= 11 is 1.28. The Morgan fingerprint density at radius 2 is 1.87 bits per heavy atom. The molecule has 0 fully saturated rings. The molecule has 1 amide bonds. The number of rotatable bonds is 3. The lowest BCUT2D eigenvalue weighted by atomic mass is 10.00. The summed E-state index contributed by atoms with van der Waals surface area (Å²) in [6.45, 7) is 3.25. The van der Waals surface area contributed by atoms with Crippen molar-refractivity contribution in [3.63, 3.8) is 0 Å². The van der Waals surface area contributed by atoms with Crippen molar-refractivity contribution in [1.29, 1.82) is 0 Å². The molecule has 7 heteroatoms. The highest BCUT2D eigenvalue weighted by Crippen LogP contribution is 2.25. The van der Waals surface area contributed by atoms with E-state index in [2.05, 4.69) is 22.1 Å². The Balaban J connectivity index is 1.68. The van der Waals surface area contributed by atoms with E-state index in [-0.39, 0.29) is 11.2 Å². The molecule has 1 atom stereocenters. The third-order valence-corrected chi connectivity index (χ3v) is 4.77. The topological polar surface area (TPSA) is 98.1 Å². The number of hydrogen-bond acceptors (Lipinski definition) is 6. The number of nitrogens with two attached hydrogens (primary N) is 2. The molecule has 2 aromatic rings. The van der Waals surface area contributed by atoms with Crippen molar-refractivity contribution in [2.24, 2.45) is 0 Å². The van der Waals surface area contributed by atoms with Crippen molar-refractivity contribution in [3.05, 3.63) is 41.5 Å². The molecule has 1 aliphatic rings. The number of amides is 1. The van der Waals surface area contributed by atoms with E-state index in [1.807, 2.05) is 24.0 Å². The van der Waals surface area contributed by atoms with E-state index < -0.39 is 0 Å². The Hall–Kier alpha value is -2.28. The van der Waals surface area contributed by atoms with Crippen LogP contribution >= 0.6 is 11.8 Å². The van der Waals surface area contributed by atoms with Crippen molar-refractivity contribution < 1.29 is 4.79 Å². The number of benzene rings is 1. The van der Waals surface area contributed by atoms with Crippen LogP contribution in [0.2, 0.25) is 0 Å². The maximum atomic E-state index is 12.7. The molecule has 0 saturated heterocycles. The summed E-state index contributed by atoms with van der Waals surface area (Å²) in [4.78, 5) is 22.8. The molecule has 0 bridgehead atoms. The maximum Gasteiger partial charge on any atom is 0.236 e. The largest absolute Gasteiger partial charge is 0.383 e. The van der Waals surface area contributed by atoms with E-state index in [0.29, 0.717) is 23.3 Å². The van der Waals surface area contributed by atoms with Gasteiger partial charge in [-0.15, -0.1) is 0 Å². The smallest absolute Gasteiger partial charge is 0.236 e. The van der Waals surface area contributed by atoms with Crippen LogP contribution < -0.4 is 11.5 Å². The van der Waals surface area contributed by atoms with E-state index in [1.165, 1.54) is 29.0 Å². The fourth-order valence-electron chi connectivity index (χ4n) is 2.66. The van der Waals surface area contributed by atoms with E-state index in [9.17, 15) is 4.79 Å². The first kappa shape index (κ1) is 15.6. The van der Waals surface area contributed by atoms with Gasteiger partial charge in [0, 0.05) is 19.2 Å². The maximum absolute atomic E-state index is 12.7. The van der Waals surface area contributed by atoms with Gasteiger partial charge in [-0.3, -0.25) is 4.79 Å². The first-order valence-corrected chi connectivity index (χ1v) is 8.33. The van der Waals surface area contributed by atoms with Gasteiger partial charge in [0.1, 0.15) is 11.6 Å². The van der Waals surface area contributed by atoms with Crippen LogP contribution in [0.25, 0.3) is 0 Å². The Kier molecular flexibility index (Phi) is 4.38. The normalized spacial score (nSPS) is 15.1.